The zero-order valence-electron chi connectivity index (χ0n) is 6.16. The average Bonchev–Trinajstić information content (AvgIpc) is 2.43. The number of aromatic nitrogens is 2. The molecule has 2 aromatic rings. The lowest BCUT2D eigenvalue weighted by Gasteiger charge is -1.87. The van der Waals surface area contributed by atoms with Crippen molar-refractivity contribution in [1.82, 2.24) is 9.97 Å². The lowest BCUT2D eigenvalue weighted by atomic mass is 10.2. The minimum atomic E-state index is 0.355. The predicted octanol–water partition coefficient (Wildman–Crippen LogP) is 0.603. The highest BCUT2D eigenvalue weighted by Crippen LogP contribution is 2.13. The fraction of sp³-hybridized carbons (Fsp3) is 0. The molecule has 1 radical (unpaired) electrons. The van der Waals surface area contributed by atoms with Gasteiger partial charge in [0.2, 0.25) is 6.29 Å². The van der Waals surface area contributed by atoms with Crippen molar-refractivity contribution in [2.75, 3.05) is 5.73 Å². The first-order valence-corrected chi connectivity index (χ1v) is 3.43. The van der Waals surface area contributed by atoms with E-state index in [1.165, 1.54) is 0 Å². The molecular formula is C8H6N3O. The predicted molar refractivity (Wildman–Crippen MR) is 45.3 cm³/mol. The van der Waals surface area contributed by atoms with E-state index in [4.69, 9.17) is 5.73 Å². The van der Waals surface area contributed by atoms with E-state index in [1.807, 2.05) is 0 Å². The van der Waals surface area contributed by atoms with Gasteiger partial charge in [-0.25, -0.2) is 4.98 Å². The highest BCUT2D eigenvalue weighted by atomic mass is 16.1. The maximum atomic E-state index is 10.3. The summed E-state index contributed by atoms with van der Waals surface area (Å²) in [7, 11) is 0. The molecule has 0 spiro atoms. The Morgan fingerprint density at radius 1 is 1.50 bits per heavy atom. The summed E-state index contributed by atoms with van der Waals surface area (Å²) in [6.07, 6.45) is 1.78. The molecule has 0 aliphatic heterocycles. The number of carbonyl (C=O) groups excluding carboxylic acids is 1. The number of nitrogens with two attached hydrogens (primary N) is 1. The highest BCUT2D eigenvalue weighted by molar-refractivity contribution is 5.85. The first kappa shape index (κ1) is 6.84. The Bertz CT molecular complexity index is 433. The number of hydrogen-bond donors (Lipinski definition) is 2. The lowest BCUT2D eigenvalue weighted by molar-refractivity contribution is 0.563. The molecule has 4 heteroatoms. The summed E-state index contributed by atoms with van der Waals surface area (Å²) in [6.45, 7) is 0. The van der Waals surface area contributed by atoms with Crippen LogP contribution in [0.1, 0.15) is 5.56 Å². The zero-order valence-corrected chi connectivity index (χ0v) is 6.16. The Morgan fingerprint density at radius 2 is 2.33 bits per heavy atom. The molecule has 0 bridgehead atoms. The normalized spacial score (nSPS) is 10.3. The lowest BCUT2D eigenvalue weighted by Crippen LogP contribution is -1.84. The number of H-pyrrole nitrogens is 1. The fourth-order valence-electron chi connectivity index (χ4n) is 1.09. The van der Waals surface area contributed by atoms with Crippen LogP contribution < -0.4 is 5.73 Å². The summed E-state index contributed by atoms with van der Waals surface area (Å²) in [5, 5.41) is 0. The van der Waals surface area contributed by atoms with Gasteiger partial charge >= 0.3 is 0 Å². The van der Waals surface area contributed by atoms with E-state index in [0.717, 1.165) is 5.52 Å². The third-order valence-electron chi connectivity index (χ3n) is 1.62. The summed E-state index contributed by atoms with van der Waals surface area (Å²) in [5.74, 6) is 0.355. The van der Waals surface area contributed by atoms with E-state index in [0.29, 0.717) is 17.0 Å². The number of rotatable bonds is 1. The minimum Gasteiger partial charge on any atom is -0.369 e. The van der Waals surface area contributed by atoms with Crippen LogP contribution in [-0.4, -0.2) is 16.3 Å². The van der Waals surface area contributed by atoms with Gasteiger partial charge in [-0.15, -0.1) is 0 Å². The van der Waals surface area contributed by atoms with Crippen molar-refractivity contribution in [2.45, 2.75) is 0 Å². The van der Waals surface area contributed by atoms with E-state index in [9.17, 15) is 4.79 Å². The molecule has 59 valence electrons. The molecule has 0 amide bonds. The number of nitrogens with zero attached hydrogens (tertiary/aromatic N) is 1. The maximum Gasteiger partial charge on any atom is 0.233 e. The second-order valence-electron chi connectivity index (χ2n) is 2.46. The van der Waals surface area contributed by atoms with Crippen LogP contribution in [0.25, 0.3) is 11.0 Å². The Hall–Kier alpha value is -1.84. The van der Waals surface area contributed by atoms with Crippen molar-refractivity contribution in [3.05, 3.63) is 23.8 Å². The molecule has 1 aromatic carbocycles. The standard InChI is InChI=1S/C8H6N3O/c9-8-10-6-2-1-5(4-12)3-7(6)11-8/h1-3H,(H3,9,10,11). The summed E-state index contributed by atoms with van der Waals surface area (Å²) < 4.78 is 0. The summed E-state index contributed by atoms with van der Waals surface area (Å²) in [6, 6.07) is 5.04. The van der Waals surface area contributed by atoms with Gasteiger partial charge in [0.1, 0.15) is 0 Å². The number of imidazole rings is 1. The number of nitrogens with one attached hydrogen (secondary N) is 1. The first-order valence-electron chi connectivity index (χ1n) is 3.43. The molecule has 0 saturated carbocycles. The van der Waals surface area contributed by atoms with Crippen LogP contribution in [0.5, 0.6) is 0 Å². The van der Waals surface area contributed by atoms with Gasteiger partial charge in [0.05, 0.1) is 11.0 Å². The van der Waals surface area contributed by atoms with Crippen molar-refractivity contribution in [3.63, 3.8) is 0 Å². The number of aromatic amines is 1. The van der Waals surface area contributed by atoms with Crippen molar-refractivity contribution < 1.29 is 4.79 Å². The highest BCUT2D eigenvalue weighted by Gasteiger charge is 1.99. The Balaban J connectivity index is 2.74. The van der Waals surface area contributed by atoms with E-state index < -0.39 is 0 Å². The van der Waals surface area contributed by atoms with Crippen LogP contribution in [0.2, 0.25) is 0 Å². The van der Waals surface area contributed by atoms with Gasteiger partial charge < -0.3 is 10.7 Å². The number of hydrogen-bond acceptors (Lipinski definition) is 3. The van der Waals surface area contributed by atoms with Gasteiger partial charge in [0.25, 0.3) is 0 Å². The topological polar surface area (TPSA) is 71.8 Å². The third-order valence-corrected chi connectivity index (χ3v) is 1.62. The number of fused-ring (bicyclic) bond motifs is 1. The SMILES string of the molecule is Nc1nc2cc([C]=O)ccc2[nH]1. The molecule has 1 heterocycles. The average molecular weight is 160 g/mol. The van der Waals surface area contributed by atoms with Gasteiger partial charge in [0.15, 0.2) is 5.95 Å². The molecule has 0 aliphatic rings. The van der Waals surface area contributed by atoms with Gasteiger partial charge in [-0.3, -0.25) is 4.79 Å². The molecule has 0 unspecified atom stereocenters. The largest absolute Gasteiger partial charge is 0.369 e. The van der Waals surface area contributed by atoms with Gasteiger partial charge in [-0.1, -0.05) is 0 Å². The molecule has 4 nitrogen and oxygen atoms in total. The van der Waals surface area contributed by atoms with Crippen molar-refractivity contribution in [1.29, 1.82) is 0 Å². The molecule has 1 aromatic heterocycles. The number of nitrogen functional groups attached to an aromatic ring is 1. The molecule has 0 atom stereocenters. The summed E-state index contributed by atoms with van der Waals surface area (Å²) >= 11 is 0. The Kier molecular flexibility index (Phi) is 1.33. The molecule has 0 aliphatic carbocycles. The first-order chi connectivity index (χ1) is 5.79. The van der Waals surface area contributed by atoms with Crippen molar-refractivity contribution in [3.8, 4) is 0 Å². The Morgan fingerprint density at radius 3 is 3.08 bits per heavy atom. The third kappa shape index (κ3) is 0.934. The summed E-state index contributed by atoms with van der Waals surface area (Å²) in [5.41, 5.74) is 7.41. The van der Waals surface area contributed by atoms with Crippen LogP contribution in [-0.2, 0) is 4.79 Å². The van der Waals surface area contributed by atoms with Crippen LogP contribution >= 0.6 is 0 Å². The molecule has 2 rings (SSSR count). The van der Waals surface area contributed by atoms with E-state index >= 15 is 0 Å². The van der Waals surface area contributed by atoms with E-state index in [2.05, 4.69) is 9.97 Å². The summed E-state index contributed by atoms with van der Waals surface area (Å²) in [4.78, 5) is 17.1. The van der Waals surface area contributed by atoms with Crippen LogP contribution in [0.15, 0.2) is 18.2 Å². The quantitative estimate of drug-likeness (QED) is 0.641. The zero-order chi connectivity index (χ0) is 8.55. The van der Waals surface area contributed by atoms with Crippen LogP contribution in [0.3, 0.4) is 0 Å². The molecule has 0 fully saturated rings. The maximum absolute atomic E-state index is 10.3. The fourth-order valence-corrected chi connectivity index (χ4v) is 1.09. The number of benzene rings is 1. The van der Waals surface area contributed by atoms with Gasteiger partial charge in [0, 0.05) is 5.56 Å². The second-order valence-corrected chi connectivity index (χ2v) is 2.46. The number of anilines is 1. The second kappa shape index (κ2) is 2.34. The van der Waals surface area contributed by atoms with Gasteiger partial charge in [-0.2, -0.15) is 0 Å². The molecular weight excluding hydrogens is 154 g/mol. The van der Waals surface area contributed by atoms with Crippen LogP contribution in [0.4, 0.5) is 5.95 Å². The van der Waals surface area contributed by atoms with E-state index in [-0.39, 0.29) is 0 Å². The molecule has 3 N–H and O–H groups in total. The van der Waals surface area contributed by atoms with Crippen molar-refractivity contribution >= 4 is 23.3 Å². The molecule has 0 saturated heterocycles. The van der Waals surface area contributed by atoms with Crippen molar-refractivity contribution in [2.24, 2.45) is 0 Å². The smallest absolute Gasteiger partial charge is 0.233 e. The van der Waals surface area contributed by atoms with Gasteiger partial charge in [-0.05, 0) is 18.2 Å². The Labute approximate surface area is 68.4 Å². The van der Waals surface area contributed by atoms with Crippen LogP contribution in [0, 0.1) is 0 Å². The molecule has 12 heavy (non-hydrogen) atoms. The minimum absolute atomic E-state index is 0.355. The monoisotopic (exact) mass is 160 g/mol. The van der Waals surface area contributed by atoms with E-state index in [1.54, 1.807) is 24.5 Å².